The molecule has 0 spiro atoms. The van der Waals surface area contributed by atoms with E-state index in [0.29, 0.717) is 5.75 Å². The third kappa shape index (κ3) is 4.13. The molecular formula is C15H12F3IO. The van der Waals surface area contributed by atoms with Gasteiger partial charge < -0.3 is 4.74 Å². The minimum atomic E-state index is -4.36. The van der Waals surface area contributed by atoms with Crippen molar-refractivity contribution in [2.45, 2.75) is 12.6 Å². The summed E-state index contributed by atoms with van der Waals surface area (Å²) in [7, 11) is 0. The first-order valence-corrected chi connectivity index (χ1v) is 7.51. The molecule has 0 bridgehead atoms. The molecule has 0 saturated heterocycles. The predicted molar refractivity (Wildman–Crippen MR) is 80.6 cm³/mol. The van der Waals surface area contributed by atoms with E-state index < -0.39 is 11.7 Å². The summed E-state index contributed by atoms with van der Waals surface area (Å²) in [6, 6.07) is 12.2. The number of hydrogen-bond donors (Lipinski definition) is 0. The molecule has 0 radical (unpaired) electrons. The van der Waals surface area contributed by atoms with Gasteiger partial charge in [-0.15, -0.1) is 0 Å². The zero-order valence-corrected chi connectivity index (χ0v) is 12.6. The third-order valence-corrected chi connectivity index (χ3v) is 3.24. The minimum absolute atomic E-state index is 0.182. The lowest BCUT2D eigenvalue weighted by molar-refractivity contribution is -0.137. The van der Waals surface area contributed by atoms with Crippen LogP contribution >= 0.6 is 22.6 Å². The molecule has 2 rings (SSSR count). The third-order valence-electron chi connectivity index (χ3n) is 2.70. The highest BCUT2D eigenvalue weighted by Crippen LogP contribution is 2.32. The van der Waals surface area contributed by atoms with Gasteiger partial charge >= 0.3 is 6.18 Å². The van der Waals surface area contributed by atoms with Gasteiger partial charge in [0, 0.05) is 4.43 Å². The fourth-order valence-corrected chi connectivity index (χ4v) is 2.33. The second-order valence-corrected chi connectivity index (χ2v) is 5.29. The summed E-state index contributed by atoms with van der Waals surface area (Å²) in [5, 5.41) is 0. The number of ether oxygens (including phenoxy) is 1. The van der Waals surface area contributed by atoms with Crippen LogP contribution in [0.5, 0.6) is 11.5 Å². The largest absolute Gasteiger partial charge is 0.457 e. The normalized spacial score (nSPS) is 11.4. The topological polar surface area (TPSA) is 9.23 Å². The van der Waals surface area contributed by atoms with Crippen molar-refractivity contribution in [3.05, 3.63) is 59.7 Å². The van der Waals surface area contributed by atoms with Crippen molar-refractivity contribution in [1.29, 1.82) is 0 Å². The van der Waals surface area contributed by atoms with E-state index in [1.807, 2.05) is 12.1 Å². The van der Waals surface area contributed by atoms with Crippen LogP contribution < -0.4 is 4.74 Å². The molecule has 0 N–H and O–H groups in total. The Labute approximate surface area is 128 Å². The summed E-state index contributed by atoms with van der Waals surface area (Å²) in [4.78, 5) is 0. The van der Waals surface area contributed by atoms with Gasteiger partial charge in [0.1, 0.15) is 11.5 Å². The zero-order valence-electron chi connectivity index (χ0n) is 10.5. The van der Waals surface area contributed by atoms with Gasteiger partial charge in [-0.25, -0.2) is 0 Å². The Morgan fingerprint density at radius 1 is 0.950 bits per heavy atom. The van der Waals surface area contributed by atoms with Gasteiger partial charge in [-0.05, 0) is 42.3 Å². The van der Waals surface area contributed by atoms with Crippen molar-refractivity contribution >= 4 is 22.6 Å². The van der Waals surface area contributed by atoms with Crippen molar-refractivity contribution in [1.82, 2.24) is 0 Å². The molecule has 1 nitrogen and oxygen atoms in total. The first kappa shape index (κ1) is 15.2. The predicted octanol–water partition coefficient (Wildman–Crippen LogP) is 5.48. The molecule has 5 heteroatoms. The number of benzene rings is 2. The highest BCUT2D eigenvalue weighted by Gasteiger charge is 2.30. The van der Waals surface area contributed by atoms with Crippen molar-refractivity contribution in [3.63, 3.8) is 0 Å². The van der Waals surface area contributed by atoms with E-state index in [-0.39, 0.29) is 5.75 Å². The Morgan fingerprint density at radius 3 is 2.25 bits per heavy atom. The second-order valence-electron chi connectivity index (χ2n) is 4.21. The van der Waals surface area contributed by atoms with Crippen LogP contribution in [0.15, 0.2) is 48.5 Å². The number of hydrogen-bond acceptors (Lipinski definition) is 1. The lowest BCUT2D eigenvalue weighted by atomic mass is 10.2. The molecule has 0 atom stereocenters. The van der Waals surface area contributed by atoms with E-state index in [1.54, 1.807) is 12.1 Å². The zero-order chi connectivity index (χ0) is 14.6. The maximum Gasteiger partial charge on any atom is 0.416 e. The maximum absolute atomic E-state index is 12.6. The smallest absolute Gasteiger partial charge is 0.416 e. The lowest BCUT2D eigenvalue weighted by Crippen LogP contribution is -2.04. The standard InChI is InChI=1S/C15H12F3IO/c16-15(17,18)12-2-1-3-14(10-12)20-13-6-4-11(5-7-13)8-9-19/h1-7,10H,8-9H2. The highest BCUT2D eigenvalue weighted by atomic mass is 127. The van der Waals surface area contributed by atoms with Gasteiger partial charge in [-0.1, -0.05) is 40.8 Å². The van der Waals surface area contributed by atoms with Crippen molar-refractivity contribution in [2.24, 2.45) is 0 Å². The van der Waals surface area contributed by atoms with E-state index in [4.69, 9.17) is 4.74 Å². The maximum atomic E-state index is 12.6. The lowest BCUT2D eigenvalue weighted by Gasteiger charge is -2.10. The Balaban J connectivity index is 2.13. The first-order valence-electron chi connectivity index (χ1n) is 5.99. The van der Waals surface area contributed by atoms with Crippen LogP contribution in [0.4, 0.5) is 13.2 Å². The SMILES string of the molecule is FC(F)(F)c1cccc(Oc2ccc(CCI)cc2)c1. The quantitative estimate of drug-likeness (QED) is 0.495. The van der Waals surface area contributed by atoms with Crippen molar-refractivity contribution in [2.75, 3.05) is 4.43 Å². The molecule has 2 aromatic carbocycles. The molecule has 106 valence electrons. The van der Waals surface area contributed by atoms with Gasteiger partial charge in [-0.3, -0.25) is 0 Å². The fourth-order valence-electron chi connectivity index (χ4n) is 1.71. The average Bonchev–Trinajstić information content (AvgIpc) is 2.41. The Hall–Kier alpha value is -1.24. The molecule has 0 unspecified atom stereocenters. The molecule has 0 fully saturated rings. The number of aryl methyl sites for hydroxylation is 1. The van der Waals surface area contributed by atoms with Crippen LogP contribution in [0.3, 0.4) is 0 Å². The van der Waals surface area contributed by atoms with Gasteiger partial charge in [0.25, 0.3) is 0 Å². The van der Waals surface area contributed by atoms with E-state index in [0.717, 1.165) is 23.0 Å². The van der Waals surface area contributed by atoms with E-state index in [9.17, 15) is 13.2 Å². The second kappa shape index (κ2) is 6.47. The van der Waals surface area contributed by atoms with Crippen molar-refractivity contribution in [3.8, 4) is 11.5 Å². The summed E-state index contributed by atoms with van der Waals surface area (Å²) in [6.07, 6.45) is -3.39. The van der Waals surface area contributed by atoms with Crippen LogP contribution in [0, 0.1) is 0 Å². The average molecular weight is 392 g/mol. The van der Waals surface area contributed by atoms with Gasteiger partial charge in [-0.2, -0.15) is 13.2 Å². The summed E-state index contributed by atoms with van der Waals surface area (Å²) < 4.78 is 44.2. The fraction of sp³-hybridized carbons (Fsp3) is 0.200. The van der Waals surface area contributed by atoms with Gasteiger partial charge in [0.05, 0.1) is 5.56 Å². The summed E-state index contributed by atoms with van der Waals surface area (Å²) in [5.41, 5.74) is 0.465. The minimum Gasteiger partial charge on any atom is -0.457 e. The van der Waals surface area contributed by atoms with Gasteiger partial charge in [0.15, 0.2) is 0 Å². The van der Waals surface area contributed by atoms with Crippen LogP contribution in [0.25, 0.3) is 0 Å². The molecular weight excluding hydrogens is 380 g/mol. The number of alkyl halides is 4. The summed E-state index contributed by atoms with van der Waals surface area (Å²) in [5.74, 6) is 0.711. The molecule has 0 aliphatic heterocycles. The molecule has 20 heavy (non-hydrogen) atoms. The van der Waals surface area contributed by atoms with Crippen molar-refractivity contribution < 1.29 is 17.9 Å². The number of halogens is 4. The first-order chi connectivity index (χ1) is 9.49. The van der Waals surface area contributed by atoms with Crippen LogP contribution in [0.2, 0.25) is 0 Å². The van der Waals surface area contributed by atoms with E-state index >= 15 is 0 Å². The van der Waals surface area contributed by atoms with Gasteiger partial charge in [0.2, 0.25) is 0 Å². The monoisotopic (exact) mass is 392 g/mol. The Bertz CT molecular complexity index is 564. The van der Waals surface area contributed by atoms with Crippen LogP contribution in [-0.2, 0) is 12.6 Å². The number of rotatable bonds is 4. The van der Waals surface area contributed by atoms with E-state index in [2.05, 4.69) is 22.6 Å². The molecule has 0 saturated carbocycles. The van der Waals surface area contributed by atoms with Crippen LogP contribution in [-0.4, -0.2) is 4.43 Å². The summed E-state index contributed by atoms with van der Waals surface area (Å²) in [6.45, 7) is 0. The Kier molecular flexibility index (Phi) is 4.91. The highest BCUT2D eigenvalue weighted by molar-refractivity contribution is 14.1. The molecule has 0 aliphatic rings. The molecule has 0 aliphatic carbocycles. The Morgan fingerprint density at radius 2 is 1.65 bits per heavy atom. The molecule has 0 heterocycles. The molecule has 0 aromatic heterocycles. The summed E-state index contributed by atoms with van der Waals surface area (Å²) >= 11 is 2.29. The van der Waals surface area contributed by atoms with E-state index in [1.165, 1.54) is 17.7 Å². The molecule has 2 aromatic rings. The van der Waals surface area contributed by atoms with Crippen LogP contribution in [0.1, 0.15) is 11.1 Å². The molecule has 0 amide bonds.